The van der Waals surface area contributed by atoms with Crippen LogP contribution in [0.3, 0.4) is 0 Å². The highest BCUT2D eigenvalue weighted by Gasteiger charge is 2.30. The van der Waals surface area contributed by atoms with Crippen LogP contribution in [0.4, 0.5) is 21.9 Å². The van der Waals surface area contributed by atoms with Gasteiger partial charge in [0.25, 0.3) is 0 Å². The largest absolute Gasteiger partial charge is 0.452 e. The molecule has 3 aliphatic heterocycles. The maximum absolute atomic E-state index is 13.6. The molecule has 0 radical (unpaired) electrons. The number of piperidine rings is 2. The molecule has 2 aromatic heterocycles. The topological polar surface area (TPSA) is 112 Å². The van der Waals surface area contributed by atoms with E-state index in [2.05, 4.69) is 37.6 Å². The number of allylic oxidation sites excluding steroid dienone is 1. The van der Waals surface area contributed by atoms with Gasteiger partial charge >= 0.3 is 6.03 Å². The average Bonchev–Trinajstić information content (AvgIpc) is 3.60. The number of fused-ring (bicyclic) bond motifs is 2. The number of ketones is 1. The molecule has 0 spiro atoms. The second kappa shape index (κ2) is 13.8. The number of anilines is 3. The molecule has 2 aromatic carbocycles. The molecular formula is C38H43N7O4. The number of amides is 3. The van der Waals surface area contributed by atoms with E-state index in [0.29, 0.717) is 22.7 Å². The Bertz CT molecular complexity index is 1920. The molecule has 254 valence electrons. The number of aryl methyl sites for hydroxylation is 1. The first kappa shape index (κ1) is 32.4. The van der Waals surface area contributed by atoms with Gasteiger partial charge in [-0.05, 0) is 86.8 Å². The van der Waals surface area contributed by atoms with Gasteiger partial charge in [-0.1, -0.05) is 18.6 Å². The van der Waals surface area contributed by atoms with Gasteiger partial charge in [0.2, 0.25) is 11.7 Å². The van der Waals surface area contributed by atoms with Gasteiger partial charge in [-0.15, -0.1) is 0 Å². The quantitative estimate of drug-likeness (QED) is 0.230. The number of hydrogen-bond acceptors (Lipinski definition) is 7. The Hall–Kier alpha value is -5.16. The molecule has 11 nitrogen and oxygen atoms in total. The number of carbonyl (C=O) groups excluding carboxylic acids is 3. The van der Waals surface area contributed by atoms with Crippen LogP contribution >= 0.6 is 0 Å². The van der Waals surface area contributed by atoms with Crippen molar-refractivity contribution in [1.82, 2.24) is 19.4 Å². The first-order valence-corrected chi connectivity index (χ1v) is 17.1. The average molecular weight is 662 g/mol. The molecule has 2 fully saturated rings. The number of Topliss-reactive ketones (excluding diaryl/α,β-unsaturated/α-hetero) is 1. The van der Waals surface area contributed by atoms with Crippen molar-refractivity contribution in [3.63, 3.8) is 0 Å². The fourth-order valence-corrected chi connectivity index (χ4v) is 7.20. The smallest absolute Gasteiger partial charge is 0.323 e. The standard InChI is InChI=1S/C38H43N7O4/c1-42(2)37(47)26-14-19-45(20-15-26)31-13-16-39-36-34(31)27(24-43(36)3)21-33-35(46)30-22-29(11-12-32(30)49-33)41-38(48)40-28-9-7-25(8-10-28)23-44-17-5-4-6-18-44/h7-13,16,21-22,24,26H,4-6,14-15,17-20,23H2,1-3H3,(H2,40,41,48). The van der Waals surface area contributed by atoms with Gasteiger partial charge in [0.05, 0.1) is 5.56 Å². The zero-order valence-electron chi connectivity index (χ0n) is 28.4. The molecule has 0 saturated carbocycles. The second-order valence-electron chi connectivity index (χ2n) is 13.5. The zero-order valence-corrected chi connectivity index (χ0v) is 28.4. The fraction of sp³-hybridized carbons (Fsp3) is 0.368. The molecule has 49 heavy (non-hydrogen) atoms. The molecule has 3 aliphatic rings. The minimum Gasteiger partial charge on any atom is -0.452 e. The van der Waals surface area contributed by atoms with Crippen LogP contribution in [0, 0.1) is 5.92 Å². The number of benzene rings is 2. The Morgan fingerprint density at radius 1 is 0.959 bits per heavy atom. The van der Waals surface area contributed by atoms with Gasteiger partial charge < -0.3 is 29.7 Å². The Morgan fingerprint density at radius 2 is 1.67 bits per heavy atom. The predicted molar refractivity (Wildman–Crippen MR) is 192 cm³/mol. The number of pyridine rings is 1. The lowest BCUT2D eigenvalue weighted by atomic mass is 9.95. The van der Waals surface area contributed by atoms with Crippen molar-refractivity contribution >= 4 is 51.9 Å². The fourth-order valence-electron chi connectivity index (χ4n) is 7.20. The number of ether oxygens (including phenoxy) is 1. The number of hydrogen-bond donors (Lipinski definition) is 2. The summed E-state index contributed by atoms with van der Waals surface area (Å²) in [7, 11) is 5.55. The molecule has 2 saturated heterocycles. The van der Waals surface area contributed by atoms with Gasteiger partial charge in [0.1, 0.15) is 11.4 Å². The summed E-state index contributed by atoms with van der Waals surface area (Å²) in [6.07, 6.45) is 10.9. The van der Waals surface area contributed by atoms with Crippen LogP contribution in [-0.4, -0.2) is 77.3 Å². The highest BCUT2D eigenvalue weighted by atomic mass is 16.5. The predicted octanol–water partition coefficient (Wildman–Crippen LogP) is 6.12. The summed E-state index contributed by atoms with van der Waals surface area (Å²) in [6.45, 7) is 4.70. The number of nitrogens with one attached hydrogen (secondary N) is 2. The lowest BCUT2D eigenvalue weighted by molar-refractivity contribution is -0.133. The first-order chi connectivity index (χ1) is 23.7. The number of rotatable bonds is 7. The van der Waals surface area contributed by atoms with E-state index in [1.54, 1.807) is 49.5 Å². The van der Waals surface area contributed by atoms with E-state index in [0.717, 1.165) is 67.8 Å². The zero-order chi connectivity index (χ0) is 34.1. The highest BCUT2D eigenvalue weighted by Crippen LogP contribution is 2.37. The minimum absolute atomic E-state index is 0.0233. The van der Waals surface area contributed by atoms with E-state index in [1.807, 2.05) is 36.0 Å². The summed E-state index contributed by atoms with van der Waals surface area (Å²) >= 11 is 0. The van der Waals surface area contributed by atoms with Crippen LogP contribution in [0.2, 0.25) is 0 Å². The molecule has 11 heteroatoms. The van der Waals surface area contributed by atoms with E-state index < -0.39 is 6.03 Å². The van der Waals surface area contributed by atoms with Gasteiger partial charge in [0.15, 0.2) is 5.76 Å². The number of urea groups is 1. The Morgan fingerprint density at radius 3 is 2.41 bits per heavy atom. The monoisotopic (exact) mass is 661 g/mol. The summed E-state index contributed by atoms with van der Waals surface area (Å²) < 4.78 is 7.99. The molecular weight excluding hydrogens is 618 g/mol. The number of nitrogens with zero attached hydrogens (tertiary/aromatic N) is 5. The normalized spacial score (nSPS) is 17.7. The molecule has 7 rings (SSSR count). The third kappa shape index (κ3) is 6.89. The van der Waals surface area contributed by atoms with E-state index in [-0.39, 0.29) is 23.4 Å². The summed E-state index contributed by atoms with van der Waals surface area (Å²) in [5.41, 5.74) is 5.44. The molecule has 0 bridgehead atoms. The number of carbonyl (C=O) groups is 3. The van der Waals surface area contributed by atoms with E-state index in [4.69, 9.17) is 4.74 Å². The number of likely N-dealkylation sites (tertiary alicyclic amines) is 1. The second-order valence-corrected chi connectivity index (χ2v) is 13.5. The van der Waals surface area contributed by atoms with Crippen molar-refractivity contribution in [2.75, 3.05) is 55.8 Å². The van der Waals surface area contributed by atoms with Crippen molar-refractivity contribution in [2.24, 2.45) is 13.0 Å². The summed E-state index contributed by atoms with van der Waals surface area (Å²) in [5.74, 6) is 0.591. The van der Waals surface area contributed by atoms with E-state index in [9.17, 15) is 14.4 Å². The van der Waals surface area contributed by atoms with Crippen LogP contribution in [0.1, 0.15) is 53.6 Å². The third-order valence-corrected chi connectivity index (χ3v) is 9.77. The van der Waals surface area contributed by atoms with Crippen LogP contribution in [0.25, 0.3) is 17.1 Å². The van der Waals surface area contributed by atoms with E-state index >= 15 is 0 Å². The molecule has 2 N–H and O–H groups in total. The SMILES string of the molecule is CN(C)C(=O)C1CCN(c2ccnc3c2c(C=C2Oc4ccc(NC(=O)Nc5ccc(CN6CCCCC6)cc5)cc4C2=O)cn3C)CC1. The van der Waals surface area contributed by atoms with Crippen LogP contribution < -0.4 is 20.3 Å². The first-order valence-electron chi connectivity index (χ1n) is 17.1. The lowest BCUT2D eigenvalue weighted by Gasteiger charge is -2.34. The molecule has 4 aromatic rings. The van der Waals surface area contributed by atoms with Crippen LogP contribution in [0.15, 0.2) is 66.7 Å². The lowest BCUT2D eigenvalue weighted by Crippen LogP contribution is -2.40. The molecule has 5 heterocycles. The molecule has 0 aliphatic carbocycles. The van der Waals surface area contributed by atoms with Gasteiger partial charge in [-0.25, -0.2) is 9.78 Å². The Balaban J connectivity index is 1.03. The molecule has 3 amide bonds. The molecule has 0 unspecified atom stereocenters. The Kier molecular flexibility index (Phi) is 9.09. The van der Waals surface area contributed by atoms with Crippen LogP contribution in [0.5, 0.6) is 5.75 Å². The van der Waals surface area contributed by atoms with Crippen molar-refractivity contribution < 1.29 is 19.1 Å². The maximum atomic E-state index is 13.6. The van der Waals surface area contributed by atoms with Gasteiger partial charge in [-0.2, -0.15) is 0 Å². The number of aromatic nitrogens is 2. The molecule has 0 atom stereocenters. The third-order valence-electron chi connectivity index (χ3n) is 9.77. The minimum atomic E-state index is -0.392. The summed E-state index contributed by atoms with van der Waals surface area (Å²) in [6, 6.07) is 14.6. The van der Waals surface area contributed by atoms with Crippen LogP contribution in [-0.2, 0) is 18.4 Å². The van der Waals surface area contributed by atoms with Crippen molar-refractivity contribution in [3.8, 4) is 5.75 Å². The van der Waals surface area contributed by atoms with Crippen molar-refractivity contribution in [1.29, 1.82) is 0 Å². The van der Waals surface area contributed by atoms with Crippen molar-refractivity contribution in [3.05, 3.63) is 83.4 Å². The maximum Gasteiger partial charge on any atom is 0.323 e. The summed E-state index contributed by atoms with van der Waals surface area (Å²) in [5, 5.41) is 6.66. The highest BCUT2D eigenvalue weighted by molar-refractivity contribution is 6.16. The van der Waals surface area contributed by atoms with Gasteiger partial charge in [0, 0.05) is 87.1 Å². The van der Waals surface area contributed by atoms with Crippen molar-refractivity contribution in [2.45, 2.75) is 38.6 Å². The Labute approximate surface area is 286 Å². The van der Waals surface area contributed by atoms with E-state index in [1.165, 1.54) is 24.8 Å². The van der Waals surface area contributed by atoms with Gasteiger partial charge in [-0.3, -0.25) is 14.5 Å². The summed E-state index contributed by atoms with van der Waals surface area (Å²) in [4.78, 5) is 50.1.